The molecule has 0 saturated carbocycles. The van der Waals surface area contributed by atoms with E-state index in [1.165, 1.54) is 89.9 Å². The molecular weight excluding hydrogens is 952 g/mol. The Morgan fingerprint density at radius 3 is 1.28 bits per heavy atom. The molecule has 0 fully saturated rings. The Kier molecular flexibility index (Phi) is 52.1. The van der Waals surface area contributed by atoms with Gasteiger partial charge in [0, 0.05) is 12.8 Å². The number of esters is 1. The molecular formula is C65H116N2O7P+. The van der Waals surface area contributed by atoms with E-state index in [-0.39, 0.29) is 31.5 Å². The molecule has 0 bridgehead atoms. The van der Waals surface area contributed by atoms with Gasteiger partial charge in [0.1, 0.15) is 19.3 Å². The largest absolute Gasteiger partial charge is 0.472 e. The van der Waals surface area contributed by atoms with Crippen LogP contribution in [0.15, 0.2) is 97.2 Å². The van der Waals surface area contributed by atoms with E-state index in [1.54, 1.807) is 0 Å². The van der Waals surface area contributed by atoms with E-state index < -0.39 is 20.0 Å². The van der Waals surface area contributed by atoms with Crippen LogP contribution >= 0.6 is 7.82 Å². The van der Waals surface area contributed by atoms with Gasteiger partial charge < -0.3 is 19.4 Å². The zero-order valence-corrected chi connectivity index (χ0v) is 50.2. The number of phosphoric ester groups is 1. The van der Waals surface area contributed by atoms with Crippen LogP contribution < -0.4 is 5.32 Å². The van der Waals surface area contributed by atoms with Crippen molar-refractivity contribution < 1.29 is 37.3 Å². The first-order valence-electron chi connectivity index (χ1n) is 30.6. The van der Waals surface area contributed by atoms with Crippen molar-refractivity contribution in [2.75, 3.05) is 40.9 Å². The van der Waals surface area contributed by atoms with Gasteiger partial charge in [-0.25, -0.2) is 4.57 Å². The van der Waals surface area contributed by atoms with Crippen molar-refractivity contribution >= 4 is 19.7 Å². The Labute approximate surface area is 462 Å². The lowest BCUT2D eigenvalue weighted by molar-refractivity contribution is -0.870. The Bertz CT molecular complexity index is 1610. The maximum Gasteiger partial charge on any atom is 0.472 e. The number of quaternary nitrogens is 1. The predicted octanol–water partition coefficient (Wildman–Crippen LogP) is 18.8. The number of amides is 1. The third-order valence-corrected chi connectivity index (χ3v) is 14.0. The van der Waals surface area contributed by atoms with Gasteiger partial charge in [0.15, 0.2) is 0 Å². The Hall–Kier alpha value is -3.07. The third-order valence-electron chi connectivity index (χ3n) is 13.0. The number of carbonyl (C=O) groups is 2. The molecule has 0 aromatic rings. The van der Waals surface area contributed by atoms with Gasteiger partial charge in [-0.1, -0.05) is 234 Å². The highest BCUT2D eigenvalue weighted by atomic mass is 31.2. The normalized spacial score (nSPS) is 14.4. The van der Waals surface area contributed by atoms with Crippen molar-refractivity contribution in [1.29, 1.82) is 0 Å². The number of likely N-dealkylation sites (N-methyl/N-ethyl adjacent to an activating group) is 1. The summed E-state index contributed by atoms with van der Waals surface area (Å²) >= 11 is 0. The van der Waals surface area contributed by atoms with Crippen LogP contribution in [-0.4, -0.2) is 74.3 Å². The van der Waals surface area contributed by atoms with Gasteiger partial charge >= 0.3 is 13.8 Å². The maximum atomic E-state index is 13.5. The number of hydrogen-bond acceptors (Lipinski definition) is 6. The molecule has 9 nitrogen and oxygen atoms in total. The molecule has 75 heavy (non-hydrogen) atoms. The molecule has 0 aliphatic heterocycles. The van der Waals surface area contributed by atoms with Gasteiger partial charge in [-0.2, -0.15) is 0 Å². The van der Waals surface area contributed by atoms with Gasteiger partial charge in [-0.15, -0.1) is 0 Å². The summed E-state index contributed by atoms with van der Waals surface area (Å²) in [4.78, 5) is 37.7. The number of allylic oxidation sites excluding steroid dienone is 15. The minimum Gasteiger partial charge on any atom is -0.456 e. The van der Waals surface area contributed by atoms with Crippen LogP contribution in [0.2, 0.25) is 0 Å². The number of ether oxygens (including phenoxy) is 1. The Morgan fingerprint density at radius 2 is 0.853 bits per heavy atom. The van der Waals surface area contributed by atoms with Crippen molar-refractivity contribution in [2.45, 2.75) is 264 Å². The Balaban J connectivity index is 5.25. The van der Waals surface area contributed by atoms with Crippen molar-refractivity contribution in [1.82, 2.24) is 5.32 Å². The van der Waals surface area contributed by atoms with Crippen LogP contribution in [0.5, 0.6) is 0 Å². The highest BCUT2D eigenvalue weighted by Gasteiger charge is 2.30. The SMILES string of the molecule is CC/C=C\C/C=C\C/C=C\C/C=C\C/C=C\CCCCCCCCCC(=O)NC(COP(=O)(O)OCC[N+](C)(C)C)C(/C=C\CCCCCCCCCCCC)OC(=O)CCCCCCCCC/C=C/C/C=C/CC. The molecule has 432 valence electrons. The summed E-state index contributed by atoms with van der Waals surface area (Å²) in [6, 6.07) is -0.863. The van der Waals surface area contributed by atoms with Crippen molar-refractivity contribution in [3.8, 4) is 0 Å². The quantitative estimate of drug-likeness (QED) is 0.0205. The molecule has 0 rings (SSSR count). The molecule has 0 heterocycles. The number of nitrogens with one attached hydrogen (secondary N) is 1. The van der Waals surface area contributed by atoms with E-state index in [1.807, 2.05) is 33.3 Å². The zero-order chi connectivity index (χ0) is 55.0. The smallest absolute Gasteiger partial charge is 0.456 e. The minimum absolute atomic E-state index is 0.0321. The third kappa shape index (κ3) is 55.5. The standard InChI is InChI=1S/C65H115N2O7P/c1-7-10-13-16-19-22-25-28-30-31-32-33-34-35-36-37-38-39-42-45-48-51-54-57-64(68)66-62(61-73-75(70,71)72-60-59-67(4,5)6)63(56-53-50-47-44-41-27-24-21-18-15-12-9-3)74-65(69)58-55-52-49-46-43-40-29-26-23-20-17-14-11-8-2/h10-11,13-14,19-20,22-23,28,30,32-33,35-36,53,56,62-63H,7-9,12,15-18,21,24-27,29,31,34,37-52,54-55,57-61H2,1-6H3,(H-,66,68,70,71)/p+1/b13-10-,14-11+,22-19-,23-20+,30-28-,33-32-,36-35-,56-53-. The summed E-state index contributed by atoms with van der Waals surface area (Å²) in [7, 11) is 1.47. The molecule has 3 unspecified atom stereocenters. The fourth-order valence-electron chi connectivity index (χ4n) is 8.36. The van der Waals surface area contributed by atoms with Gasteiger partial charge in [0.25, 0.3) is 0 Å². The fraction of sp³-hybridized carbons (Fsp3) is 0.723. The number of nitrogens with zero attached hydrogens (tertiary/aromatic N) is 1. The summed E-state index contributed by atoms with van der Waals surface area (Å²) in [5.74, 6) is -0.531. The van der Waals surface area contributed by atoms with Crippen LogP contribution in [0.1, 0.15) is 252 Å². The van der Waals surface area contributed by atoms with Gasteiger partial charge in [0.05, 0.1) is 33.8 Å². The first-order chi connectivity index (χ1) is 36.4. The second kappa shape index (κ2) is 54.3. The van der Waals surface area contributed by atoms with Gasteiger partial charge in [-0.3, -0.25) is 18.6 Å². The molecule has 0 saturated heterocycles. The molecule has 2 N–H and O–H groups in total. The van der Waals surface area contributed by atoms with Crippen LogP contribution in [0.3, 0.4) is 0 Å². The van der Waals surface area contributed by atoms with Gasteiger partial charge in [0.2, 0.25) is 5.91 Å². The van der Waals surface area contributed by atoms with E-state index in [4.69, 9.17) is 13.8 Å². The van der Waals surface area contributed by atoms with E-state index in [0.29, 0.717) is 17.4 Å². The summed E-state index contributed by atoms with van der Waals surface area (Å²) in [5.41, 5.74) is 0. The average molecular weight is 1070 g/mol. The number of unbranched alkanes of at least 4 members (excludes halogenated alkanes) is 24. The van der Waals surface area contributed by atoms with Crippen LogP contribution in [0, 0.1) is 0 Å². The Morgan fingerprint density at radius 1 is 0.480 bits per heavy atom. The van der Waals surface area contributed by atoms with E-state index in [2.05, 4.69) is 111 Å². The first kappa shape index (κ1) is 71.9. The molecule has 0 aliphatic carbocycles. The molecule has 0 aliphatic rings. The summed E-state index contributed by atoms with van der Waals surface area (Å²) in [5, 5.41) is 3.05. The lowest BCUT2D eigenvalue weighted by Gasteiger charge is -2.27. The summed E-state index contributed by atoms with van der Waals surface area (Å²) in [6.45, 7) is 6.77. The highest BCUT2D eigenvalue weighted by Crippen LogP contribution is 2.43. The van der Waals surface area contributed by atoms with Crippen LogP contribution in [0.4, 0.5) is 0 Å². The summed E-state index contributed by atoms with van der Waals surface area (Å²) in [6.07, 6.45) is 72.6. The van der Waals surface area contributed by atoms with E-state index in [9.17, 15) is 19.0 Å². The fourth-order valence-corrected chi connectivity index (χ4v) is 9.09. The first-order valence-corrected chi connectivity index (χ1v) is 32.1. The van der Waals surface area contributed by atoms with E-state index in [0.717, 1.165) is 128 Å². The number of rotatable bonds is 54. The van der Waals surface area contributed by atoms with Crippen molar-refractivity contribution in [3.63, 3.8) is 0 Å². The van der Waals surface area contributed by atoms with Crippen LogP contribution in [-0.2, 0) is 27.9 Å². The second-order valence-electron chi connectivity index (χ2n) is 21.5. The molecule has 0 aromatic carbocycles. The molecule has 3 atom stereocenters. The predicted molar refractivity (Wildman–Crippen MR) is 323 cm³/mol. The second-order valence-corrected chi connectivity index (χ2v) is 22.9. The molecule has 0 radical (unpaired) electrons. The molecule has 0 spiro atoms. The highest BCUT2D eigenvalue weighted by molar-refractivity contribution is 7.47. The average Bonchev–Trinajstić information content (AvgIpc) is 3.37. The van der Waals surface area contributed by atoms with Gasteiger partial charge in [-0.05, 0) is 102 Å². The molecule has 1 amide bonds. The monoisotopic (exact) mass is 1070 g/mol. The van der Waals surface area contributed by atoms with Crippen LogP contribution in [0.25, 0.3) is 0 Å². The van der Waals surface area contributed by atoms with Crippen molar-refractivity contribution in [2.24, 2.45) is 0 Å². The minimum atomic E-state index is -4.46. The topological polar surface area (TPSA) is 111 Å². The molecule has 10 heteroatoms. The van der Waals surface area contributed by atoms with E-state index >= 15 is 0 Å². The number of phosphoric acid groups is 1. The molecule has 0 aromatic heterocycles. The summed E-state index contributed by atoms with van der Waals surface area (Å²) < 4.78 is 30.7. The number of carbonyl (C=O) groups excluding carboxylic acids is 2. The van der Waals surface area contributed by atoms with Crippen molar-refractivity contribution in [3.05, 3.63) is 97.2 Å². The zero-order valence-electron chi connectivity index (χ0n) is 49.3. The lowest BCUT2D eigenvalue weighted by atomic mass is 10.0. The number of hydrogen-bond donors (Lipinski definition) is 2. The maximum absolute atomic E-state index is 13.5. The lowest BCUT2D eigenvalue weighted by Crippen LogP contribution is -2.47.